The Morgan fingerprint density at radius 1 is 1.14 bits per heavy atom. The van der Waals surface area contributed by atoms with Gasteiger partial charge in [-0.1, -0.05) is 6.07 Å². The van der Waals surface area contributed by atoms with Crippen molar-refractivity contribution in [2.24, 2.45) is 0 Å². The zero-order chi connectivity index (χ0) is 14.8. The van der Waals surface area contributed by atoms with E-state index in [1.54, 1.807) is 6.07 Å². The minimum absolute atomic E-state index is 0.0755. The second-order valence-corrected chi connectivity index (χ2v) is 5.29. The highest BCUT2D eigenvalue weighted by Crippen LogP contribution is 2.32. The first-order valence-electron chi connectivity index (χ1n) is 6.99. The lowest BCUT2D eigenvalue weighted by molar-refractivity contribution is -0.120. The smallest absolute Gasteiger partial charge is 0.388 e. The minimum atomic E-state index is -2.87. The van der Waals surface area contributed by atoms with Gasteiger partial charge in [0.05, 0.1) is 5.52 Å². The molecule has 0 radical (unpaired) electrons. The van der Waals surface area contributed by atoms with Gasteiger partial charge >= 0.3 is 6.61 Å². The van der Waals surface area contributed by atoms with Crippen molar-refractivity contribution >= 4 is 16.7 Å². The van der Waals surface area contributed by atoms with Crippen molar-refractivity contribution in [3.63, 3.8) is 0 Å². The molecule has 21 heavy (non-hydrogen) atoms. The van der Waals surface area contributed by atoms with E-state index in [0.29, 0.717) is 30.1 Å². The van der Waals surface area contributed by atoms with Gasteiger partial charge in [0.1, 0.15) is 5.78 Å². The van der Waals surface area contributed by atoms with E-state index >= 15 is 0 Å². The summed E-state index contributed by atoms with van der Waals surface area (Å²) in [6.07, 6.45) is 3.04. The SMILES string of the molecule is O=C1CCC(c2ccc3nc(OC(F)F)ccc3c2)CC1. The van der Waals surface area contributed by atoms with E-state index in [2.05, 4.69) is 9.72 Å². The number of benzene rings is 1. The number of ketones is 1. The molecule has 1 heterocycles. The molecule has 0 unspecified atom stereocenters. The first kappa shape index (κ1) is 13.9. The van der Waals surface area contributed by atoms with Crippen molar-refractivity contribution in [3.05, 3.63) is 35.9 Å². The molecule has 110 valence electrons. The van der Waals surface area contributed by atoms with Crippen LogP contribution in [0.15, 0.2) is 30.3 Å². The lowest BCUT2D eigenvalue weighted by Gasteiger charge is -2.21. The molecule has 0 aliphatic heterocycles. The van der Waals surface area contributed by atoms with Crippen LogP contribution in [-0.4, -0.2) is 17.4 Å². The van der Waals surface area contributed by atoms with Crippen LogP contribution in [0.1, 0.15) is 37.2 Å². The molecule has 1 aromatic carbocycles. The van der Waals surface area contributed by atoms with Gasteiger partial charge in [0.25, 0.3) is 0 Å². The number of Topliss-reactive ketones (excluding diaryl/α,β-unsaturated/α-hetero) is 1. The highest BCUT2D eigenvalue weighted by molar-refractivity contribution is 5.81. The van der Waals surface area contributed by atoms with Crippen LogP contribution in [0.3, 0.4) is 0 Å². The van der Waals surface area contributed by atoms with Crippen molar-refractivity contribution in [3.8, 4) is 5.88 Å². The molecular formula is C16H15F2NO2. The number of alkyl halides is 2. The second kappa shape index (κ2) is 5.76. The third-order valence-corrected chi connectivity index (χ3v) is 3.91. The van der Waals surface area contributed by atoms with Crippen LogP contribution >= 0.6 is 0 Å². The van der Waals surface area contributed by atoms with Crippen LogP contribution in [0.2, 0.25) is 0 Å². The van der Waals surface area contributed by atoms with Gasteiger partial charge in [0.2, 0.25) is 5.88 Å². The number of aromatic nitrogens is 1. The summed E-state index contributed by atoms with van der Waals surface area (Å²) in [5.74, 6) is 0.653. The van der Waals surface area contributed by atoms with Gasteiger partial charge in [-0.3, -0.25) is 4.79 Å². The zero-order valence-corrected chi connectivity index (χ0v) is 11.4. The average molecular weight is 291 g/mol. The first-order valence-corrected chi connectivity index (χ1v) is 6.99. The van der Waals surface area contributed by atoms with Gasteiger partial charge in [-0.25, -0.2) is 4.98 Å². The normalized spacial score (nSPS) is 16.6. The Bertz CT molecular complexity index is 662. The molecule has 0 N–H and O–H groups in total. The molecule has 0 bridgehead atoms. The number of hydrogen-bond acceptors (Lipinski definition) is 3. The predicted octanol–water partition coefficient (Wildman–Crippen LogP) is 4.06. The molecule has 0 amide bonds. The summed E-state index contributed by atoms with van der Waals surface area (Å²) < 4.78 is 28.6. The molecule has 0 spiro atoms. The van der Waals surface area contributed by atoms with E-state index in [-0.39, 0.29) is 5.88 Å². The molecule has 1 aromatic heterocycles. The number of halogens is 2. The van der Waals surface area contributed by atoms with Crippen molar-refractivity contribution < 1.29 is 18.3 Å². The maximum Gasteiger partial charge on any atom is 0.388 e. The van der Waals surface area contributed by atoms with Gasteiger partial charge in [0.15, 0.2) is 0 Å². The monoisotopic (exact) mass is 291 g/mol. The fourth-order valence-electron chi connectivity index (χ4n) is 2.81. The molecule has 1 aliphatic rings. The molecule has 3 nitrogen and oxygen atoms in total. The van der Waals surface area contributed by atoms with Crippen LogP contribution in [0, 0.1) is 0 Å². The van der Waals surface area contributed by atoms with Crippen LogP contribution in [0.25, 0.3) is 10.9 Å². The molecule has 3 rings (SSSR count). The predicted molar refractivity (Wildman–Crippen MR) is 74.6 cm³/mol. The van der Waals surface area contributed by atoms with Crippen LogP contribution in [-0.2, 0) is 4.79 Å². The van der Waals surface area contributed by atoms with Crippen LogP contribution in [0.5, 0.6) is 5.88 Å². The molecule has 5 heteroatoms. The van der Waals surface area contributed by atoms with E-state index < -0.39 is 6.61 Å². The summed E-state index contributed by atoms with van der Waals surface area (Å²) in [7, 11) is 0. The zero-order valence-electron chi connectivity index (χ0n) is 11.4. The average Bonchev–Trinajstić information content (AvgIpc) is 2.47. The minimum Gasteiger partial charge on any atom is -0.417 e. The lowest BCUT2D eigenvalue weighted by Crippen LogP contribution is -2.12. The molecule has 1 fully saturated rings. The number of fused-ring (bicyclic) bond motifs is 1. The standard InChI is InChI=1S/C16H15F2NO2/c17-16(18)21-15-8-4-12-9-11(3-7-14(12)19-15)10-1-5-13(20)6-2-10/h3-4,7-10,16H,1-2,5-6H2. The third kappa shape index (κ3) is 3.17. The van der Waals surface area contributed by atoms with Gasteiger partial charge in [-0.2, -0.15) is 8.78 Å². The van der Waals surface area contributed by atoms with Gasteiger partial charge < -0.3 is 4.74 Å². The Labute approximate surface area is 120 Å². The summed E-state index contributed by atoms with van der Waals surface area (Å²) in [5, 5.41) is 0.894. The third-order valence-electron chi connectivity index (χ3n) is 3.91. The van der Waals surface area contributed by atoms with E-state index in [1.165, 1.54) is 11.6 Å². The maximum absolute atomic E-state index is 12.2. The Balaban J connectivity index is 1.85. The van der Waals surface area contributed by atoms with Crippen molar-refractivity contribution in [1.29, 1.82) is 0 Å². The molecule has 2 aromatic rings. The second-order valence-electron chi connectivity index (χ2n) is 5.29. The fourth-order valence-corrected chi connectivity index (χ4v) is 2.81. The Morgan fingerprint density at radius 2 is 1.90 bits per heavy atom. The van der Waals surface area contributed by atoms with Crippen LogP contribution in [0.4, 0.5) is 8.78 Å². The summed E-state index contributed by atoms with van der Waals surface area (Å²) in [4.78, 5) is 15.4. The number of hydrogen-bond donors (Lipinski definition) is 0. The van der Waals surface area contributed by atoms with E-state index in [1.807, 2.05) is 18.2 Å². The van der Waals surface area contributed by atoms with E-state index in [9.17, 15) is 13.6 Å². The van der Waals surface area contributed by atoms with Crippen molar-refractivity contribution in [1.82, 2.24) is 4.98 Å². The first-order chi connectivity index (χ1) is 10.1. The van der Waals surface area contributed by atoms with E-state index in [0.717, 1.165) is 18.2 Å². The van der Waals surface area contributed by atoms with Crippen molar-refractivity contribution in [2.45, 2.75) is 38.2 Å². The Morgan fingerprint density at radius 3 is 2.62 bits per heavy atom. The number of nitrogens with zero attached hydrogens (tertiary/aromatic N) is 1. The summed E-state index contributed by atoms with van der Waals surface area (Å²) >= 11 is 0. The van der Waals surface area contributed by atoms with Gasteiger partial charge in [0, 0.05) is 24.3 Å². The molecular weight excluding hydrogens is 276 g/mol. The van der Waals surface area contributed by atoms with Crippen LogP contribution < -0.4 is 4.74 Å². The Kier molecular flexibility index (Phi) is 3.82. The van der Waals surface area contributed by atoms with Gasteiger partial charge in [-0.15, -0.1) is 0 Å². The molecule has 1 aliphatic carbocycles. The Hall–Kier alpha value is -2.04. The number of carbonyl (C=O) groups excluding carboxylic acids is 1. The highest BCUT2D eigenvalue weighted by Gasteiger charge is 2.20. The maximum atomic E-state index is 12.2. The van der Waals surface area contributed by atoms with Gasteiger partial charge in [-0.05, 0) is 42.5 Å². The number of rotatable bonds is 3. The van der Waals surface area contributed by atoms with E-state index in [4.69, 9.17) is 0 Å². The molecule has 0 saturated heterocycles. The number of ether oxygens (including phenoxy) is 1. The summed E-state index contributed by atoms with van der Waals surface area (Å²) in [5.41, 5.74) is 1.81. The highest BCUT2D eigenvalue weighted by atomic mass is 19.3. The number of pyridine rings is 1. The summed E-state index contributed by atoms with van der Waals surface area (Å²) in [6.45, 7) is -2.87. The fraction of sp³-hybridized carbons (Fsp3) is 0.375. The topological polar surface area (TPSA) is 39.2 Å². The molecule has 0 atom stereocenters. The largest absolute Gasteiger partial charge is 0.417 e. The number of carbonyl (C=O) groups is 1. The molecule has 1 saturated carbocycles. The lowest BCUT2D eigenvalue weighted by atomic mass is 9.83. The quantitative estimate of drug-likeness (QED) is 0.856. The summed E-state index contributed by atoms with van der Waals surface area (Å²) in [6, 6.07) is 8.98. The van der Waals surface area contributed by atoms with Crippen molar-refractivity contribution in [2.75, 3.05) is 0 Å².